The first-order chi connectivity index (χ1) is 15.9. The summed E-state index contributed by atoms with van der Waals surface area (Å²) in [6, 6.07) is 19.8. The zero-order chi connectivity index (χ0) is 23.4. The number of hydrogen-bond donors (Lipinski definition) is 2. The fourth-order valence-electron chi connectivity index (χ4n) is 3.21. The van der Waals surface area contributed by atoms with Crippen molar-refractivity contribution in [1.29, 1.82) is 0 Å². The summed E-state index contributed by atoms with van der Waals surface area (Å²) in [6.45, 7) is 3.86. The Morgan fingerprint density at radius 1 is 1.03 bits per heavy atom. The van der Waals surface area contributed by atoms with E-state index >= 15 is 0 Å². The largest absolute Gasteiger partial charge is 0.497 e. The highest BCUT2D eigenvalue weighted by molar-refractivity contribution is 7.80. The number of amides is 1. The molecule has 0 fully saturated rings. The van der Waals surface area contributed by atoms with E-state index in [0.717, 1.165) is 11.3 Å². The van der Waals surface area contributed by atoms with E-state index in [9.17, 15) is 4.79 Å². The molecule has 33 heavy (non-hydrogen) atoms. The summed E-state index contributed by atoms with van der Waals surface area (Å²) in [4.78, 5) is 17.1. The Bertz CT molecular complexity index is 1320. The average molecular weight is 462 g/mol. The Balaban J connectivity index is 1.45. The number of oxazole rings is 1. The van der Waals surface area contributed by atoms with Gasteiger partial charge in [0.15, 0.2) is 10.7 Å². The molecule has 1 heterocycles. The Hall–Kier alpha value is -3.91. The van der Waals surface area contributed by atoms with Gasteiger partial charge in [0.1, 0.15) is 17.0 Å². The van der Waals surface area contributed by atoms with Gasteiger partial charge in [-0.3, -0.25) is 10.1 Å². The lowest BCUT2D eigenvalue weighted by Gasteiger charge is -2.12. The number of nitrogens with one attached hydrogen (secondary N) is 2. The second kappa shape index (κ2) is 9.70. The quantitative estimate of drug-likeness (QED) is 0.371. The van der Waals surface area contributed by atoms with Gasteiger partial charge in [-0.05, 0) is 80.7 Å². The van der Waals surface area contributed by atoms with E-state index in [1.165, 1.54) is 0 Å². The smallest absolute Gasteiger partial charge is 0.257 e. The van der Waals surface area contributed by atoms with Gasteiger partial charge in [-0.2, -0.15) is 0 Å². The first-order valence-electron chi connectivity index (χ1n) is 10.4. The van der Waals surface area contributed by atoms with Crippen molar-refractivity contribution in [1.82, 2.24) is 10.3 Å². The number of fused-ring (bicyclic) bond motifs is 1. The van der Waals surface area contributed by atoms with Crippen molar-refractivity contribution in [2.75, 3.05) is 12.4 Å². The fourth-order valence-corrected chi connectivity index (χ4v) is 3.42. The number of nitrogens with zero attached hydrogens (tertiary/aromatic N) is 1. The molecule has 0 aliphatic carbocycles. The third kappa shape index (κ3) is 5.48. The van der Waals surface area contributed by atoms with Gasteiger partial charge in [-0.15, -0.1) is 0 Å². The van der Waals surface area contributed by atoms with E-state index in [0.29, 0.717) is 34.0 Å². The lowest BCUT2D eigenvalue weighted by atomic mass is 10.2. The van der Waals surface area contributed by atoms with Crippen LogP contribution in [0, 0.1) is 0 Å². The molecule has 3 aromatic carbocycles. The number of benzene rings is 3. The average Bonchev–Trinajstić information content (AvgIpc) is 3.22. The number of carbonyl (C=O) groups is 1. The normalized spacial score (nSPS) is 10.8. The van der Waals surface area contributed by atoms with Crippen molar-refractivity contribution in [2.45, 2.75) is 20.0 Å². The number of carbonyl (C=O) groups excluding carboxylic acids is 1. The molecule has 0 aliphatic rings. The standard InChI is InChI=1S/C25H23N3O4S/c1-15(2)31-20-9-4-6-16(12-20)23(29)28-25(33)26-18-10-11-22-21(14-18)27-24(32-22)17-7-5-8-19(13-17)30-3/h4-15H,1-3H3,(H2,26,28,29,33). The third-order valence-corrected chi connectivity index (χ3v) is 4.86. The molecule has 2 N–H and O–H groups in total. The van der Waals surface area contributed by atoms with Crippen LogP contribution in [-0.4, -0.2) is 29.2 Å². The Morgan fingerprint density at radius 2 is 1.82 bits per heavy atom. The highest BCUT2D eigenvalue weighted by atomic mass is 32.1. The molecule has 0 radical (unpaired) electrons. The first-order valence-corrected chi connectivity index (χ1v) is 10.8. The van der Waals surface area contributed by atoms with Gasteiger partial charge in [0.05, 0.1) is 13.2 Å². The number of ether oxygens (including phenoxy) is 2. The molecule has 0 saturated heterocycles. The molecule has 0 aliphatic heterocycles. The van der Waals surface area contributed by atoms with Crippen molar-refractivity contribution in [3.63, 3.8) is 0 Å². The summed E-state index contributed by atoms with van der Waals surface area (Å²) in [5.41, 5.74) is 3.23. The number of thiocarbonyl (C=S) groups is 1. The van der Waals surface area contributed by atoms with Gasteiger partial charge in [-0.1, -0.05) is 12.1 Å². The molecule has 1 amide bonds. The van der Waals surface area contributed by atoms with Crippen LogP contribution >= 0.6 is 12.2 Å². The zero-order valence-electron chi connectivity index (χ0n) is 18.4. The number of rotatable bonds is 6. The van der Waals surface area contributed by atoms with E-state index in [1.54, 1.807) is 49.6 Å². The lowest BCUT2D eigenvalue weighted by Crippen LogP contribution is -2.34. The Morgan fingerprint density at radius 3 is 2.61 bits per heavy atom. The highest BCUT2D eigenvalue weighted by Crippen LogP contribution is 2.28. The minimum Gasteiger partial charge on any atom is -0.497 e. The van der Waals surface area contributed by atoms with Crippen molar-refractivity contribution in [3.05, 3.63) is 72.3 Å². The van der Waals surface area contributed by atoms with Gasteiger partial charge < -0.3 is 19.2 Å². The molecule has 0 spiro atoms. The number of hydrogen-bond acceptors (Lipinski definition) is 6. The molecule has 0 unspecified atom stereocenters. The molecule has 0 bridgehead atoms. The van der Waals surface area contributed by atoms with Crippen LogP contribution in [0.25, 0.3) is 22.6 Å². The van der Waals surface area contributed by atoms with Crippen LogP contribution in [0.5, 0.6) is 11.5 Å². The van der Waals surface area contributed by atoms with Crippen LogP contribution in [0.15, 0.2) is 71.1 Å². The maximum Gasteiger partial charge on any atom is 0.257 e. The number of aromatic nitrogens is 1. The van der Waals surface area contributed by atoms with Gasteiger partial charge in [0, 0.05) is 16.8 Å². The Labute approximate surface area is 196 Å². The Kier molecular flexibility index (Phi) is 6.55. The van der Waals surface area contributed by atoms with E-state index in [1.807, 2.05) is 38.1 Å². The minimum atomic E-state index is -0.329. The van der Waals surface area contributed by atoms with Crippen molar-refractivity contribution < 1.29 is 18.7 Å². The molecule has 4 aromatic rings. The second-order valence-electron chi connectivity index (χ2n) is 7.54. The van der Waals surface area contributed by atoms with Gasteiger partial charge in [-0.25, -0.2) is 4.98 Å². The molecule has 4 rings (SSSR count). The minimum absolute atomic E-state index is 0.0157. The van der Waals surface area contributed by atoms with Gasteiger partial charge in [0.2, 0.25) is 5.89 Å². The third-order valence-electron chi connectivity index (χ3n) is 4.66. The van der Waals surface area contributed by atoms with Crippen LogP contribution in [0.3, 0.4) is 0 Å². The van der Waals surface area contributed by atoms with Gasteiger partial charge in [0.25, 0.3) is 5.91 Å². The second-order valence-corrected chi connectivity index (χ2v) is 7.94. The molecular weight excluding hydrogens is 438 g/mol. The van der Waals surface area contributed by atoms with Crippen molar-refractivity contribution >= 4 is 40.0 Å². The van der Waals surface area contributed by atoms with Gasteiger partial charge >= 0.3 is 0 Å². The monoisotopic (exact) mass is 461 g/mol. The zero-order valence-corrected chi connectivity index (χ0v) is 19.2. The molecule has 8 heteroatoms. The number of methoxy groups -OCH3 is 1. The summed E-state index contributed by atoms with van der Waals surface area (Å²) in [5, 5.41) is 5.87. The maximum absolute atomic E-state index is 12.6. The fraction of sp³-hybridized carbons (Fsp3) is 0.160. The molecule has 0 atom stereocenters. The summed E-state index contributed by atoms with van der Waals surface area (Å²) in [6.07, 6.45) is 0.0157. The molecule has 168 valence electrons. The number of anilines is 1. The van der Waals surface area contributed by atoms with Crippen LogP contribution in [0.4, 0.5) is 5.69 Å². The van der Waals surface area contributed by atoms with Crippen LogP contribution in [0.2, 0.25) is 0 Å². The summed E-state index contributed by atoms with van der Waals surface area (Å²) in [7, 11) is 1.61. The molecule has 7 nitrogen and oxygen atoms in total. The van der Waals surface area contributed by atoms with Crippen LogP contribution in [0.1, 0.15) is 24.2 Å². The van der Waals surface area contributed by atoms with E-state index in [2.05, 4.69) is 15.6 Å². The molecule has 0 saturated carbocycles. The maximum atomic E-state index is 12.6. The van der Waals surface area contributed by atoms with Crippen LogP contribution in [-0.2, 0) is 0 Å². The predicted molar refractivity (Wildman–Crippen MR) is 132 cm³/mol. The summed E-state index contributed by atoms with van der Waals surface area (Å²) in [5.74, 6) is 1.50. The van der Waals surface area contributed by atoms with Crippen molar-refractivity contribution in [2.24, 2.45) is 0 Å². The van der Waals surface area contributed by atoms with Crippen LogP contribution < -0.4 is 20.1 Å². The summed E-state index contributed by atoms with van der Waals surface area (Å²) >= 11 is 5.32. The molecular formula is C25H23N3O4S. The van der Waals surface area contributed by atoms with E-state index in [-0.39, 0.29) is 17.1 Å². The first kappa shape index (κ1) is 22.3. The van der Waals surface area contributed by atoms with Crippen molar-refractivity contribution in [3.8, 4) is 23.0 Å². The summed E-state index contributed by atoms with van der Waals surface area (Å²) < 4.78 is 16.8. The topological polar surface area (TPSA) is 85.6 Å². The predicted octanol–water partition coefficient (Wildman–Crippen LogP) is 5.42. The SMILES string of the molecule is COc1cccc(-c2nc3cc(NC(=S)NC(=O)c4cccc(OC(C)C)c4)ccc3o2)c1. The highest BCUT2D eigenvalue weighted by Gasteiger charge is 2.12. The lowest BCUT2D eigenvalue weighted by molar-refractivity contribution is 0.0977. The van der Waals surface area contributed by atoms with E-state index < -0.39 is 0 Å². The molecule has 1 aromatic heterocycles. The van der Waals surface area contributed by atoms with E-state index in [4.69, 9.17) is 26.1 Å².